The number of benzene rings is 2. The second kappa shape index (κ2) is 9.71. The van der Waals surface area contributed by atoms with Crippen molar-refractivity contribution in [1.29, 1.82) is 0 Å². The van der Waals surface area contributed by atoms with Crippen LogP contribution in [0.25, 0.3) is 5.57 Å². The number of likely N-dealkylation sites (N-methyl/N-ethyl adjacent to an activating group) is 1. The van der Waals surface area contributed by atoms with Crippen LogP contribution in [-0.4, -0.2) is 51.6 Å². The van der Waals surface area contributed by atoms with Crippen molar-refractivity contribution >= 4 is 34.7 Å². The maximum absolute atomic E-state index is 13.9. The molecule has 3 aromatic rings. The summed E-state index contributed by atoms with van der Waals surface area (Å²) in [5.41, 5.74) is 0.100. The normalized spacial score (nSPS) is 20.3. The van der Waals surface area contributed by atoms with E-state index in [1.165, 1.54) is 22.9 Å². The van der Waals surface area contributed by atoms with Gasteiger partial charge in [0.2, 0.25) is 5.88 Å². The molecule has 1 aromatic heterocycles. The molecular weight excluding hydrogens is 529 g/mol. The van der Waals surface area contributed by atoms with Crippen LogP contribution in [0.15, 0.2) is 51.4 Å². The molecule has 5 rings (SSSR count). The third kappa shape index (κ3) is 5.08. The highest BCUT2D eigenvalue weighted by Gasteiger charge is 2.34. The van der Waals surface area contributed by atoms with E-state index in [0.29, 0.717) is 34.7 Å². The minimum Gasteiger partial charge on any atom is -0.493 e. The molecule has 194 valence electrons. The Morgan fingerprint density at radius 2 is 2.03 bits per heavy atom. The minimum absolute atomic E-state index is 0.0452. The van der Waals surface area contributed by atoms with Crippen molar-refractivity contribution in [2.45, 2.75) is 37.7 Å². The van der Waals surface area contributed by atoms with Gasteiger partial charge in [-0.15, -0.1) is 0 Å². The van der Waals surface area contributed by atoms with Gasteiger partial charge in [0, 0.05) is 36.1 Å². The van der Waals surface area contributed by atoms with Crippen LogP contribution in [0.3, 0.4) is 0 Å². The Labute approximate surface area is 218 Å². The van der Waals surface area contributed by atoms with Crippen LogP contribution >= 0.6 is 22.9 Å². The second-order valence-electron chi connectivity index (χ2n) is 9.19. The predicted molar refractivity (Wildman–Crippen MR) is 135 cm³/mol. The molecular formula is C25H22ClF3N4O3S. The average molecular weight is 551 g/mol. The summed E-state index contributed by atoms with van der Waals surface area (Å²) in [5, 5.41) is 30.1. The van der Waals surface area contributed by atoms with E-state index in [-0.39, 0.29) is 40.4 Å². The number of aromatic nitrogens is 1. The van der Waals surface area contributed by atoms with Crippen LogP contribution in [0.1, 0.15) is 28.0 Å². The molecule has 0 saturated carbocycles. The van der Waals surface area contributed by atoms with E-state index >= 15 is 0 Å². The number of rotatable bonds is 5. The summed E-state index contributed by atoms with van der Waals surface area (Å²) in [5.74, 6) is -0.318. The van der Waals surface area contributed by atoms with Crippen LogP contribution < -0.4 is 15.4 Å². The fraction of sp³-hybridized carbons (Fsp3) is 0.320. The second-order valence-corrected chi connectivity index (χ2v) is 10.6. The van der Waals surface area contributed by atoms with E-state index < -0.39 is 22.7 Å². The Hall–Kier alpha value is -2.99. The van der Waals surface area contributed by atoms with Gasteiger partial charge in [-0.3, -0.25) is 14.3 Å². The zero-order chi connectivity index (χ0) is 26.5. The maximum Gasteiger partial charge on any atom is 0.416 e. The summed E-state index contributed by atoms with van der Waals surface area (Å²) in [6.45, 7) is 0.597. The van der Waals surface area contributed by atoms with Gasteiger partial charge in [-0.2, -0.15) is 23.4 Å². The Bertz CT molecular complexity index is 1580. The van der Waals surface area contributed by atoms with Crippen LogP contribution in [0, 0.1) is 0 Å². The van der Waals surface area contributed by atoms with Crippen molar-refractivity contribution in [3.8, 4) is 5.88 Å². The van der Waals surface area contributed by atoms with Gasteiger partial charge in [-0.05, 0) is 54.1 Å². The molecule has 12 heteroatoms. The minimum atomic E-state index is -4.65. The number of aliphatic hydroxyl groups excluding tert-OH is 1. The van der Waals surface area contributed by atoms with Crippen LogP contribution in [0.5, 0.6) is 5.88 Å². The van der Waals surface area contributed by atoms with Crippen molar-refractivity contribution < 1.29 is 23.4 Å². The molecule has 37 heavy (non-hydrogen) atoms. The molecule has 0 unspecified atom stereocenters. The highest BCUT2D eigenvalue weighted by Crippen LogP contribution is 2.37. The number of hydrogen-bond acceptors (Lipinski definition) is 7. The topological polar surface area (TPSA) is 90.4 Å². The third-order valence-corrected chi connectivity index (χ3v) is 7.95. The van der Waals surface area contributed by atoms with Gasteiger partial charge in [0.25, 0.3) is 0 Å². The highest BCUT2D eigenvalue weighted by molar-refractivity contribution is 7.10. The SMILES string of the molecule is CN1C[C@H](O)C[C@H]1Cn1c(O)c(C(Cc2ccc(Cl)cc2C(F)(F)F)=c2ccc3c(c2)C=NN=3)sc1=O. The molecule has 0 bridgehead atoms. The summed E-state index contributed by atoms with van der Waals surface area (Å²) in [6.07, 6.45) is -3.41. The lowest BCUT2D eigenvalue weighted by Gasteiger charge is -2.19. The highest BCUT2D eigenvalue weighted by atomic mass is 35.5. The molecule has 2 atom stereocenters. The molecule has 0 radical (unpaired) electrons. The quantitative estimate of drug-likeness (QED) is 0.511. The number of nitrogens with zero attached hydrogens (tertiary/aromatic N) is 4. The molecule has 2 aromatic carbocycles. The van der Waals surface area contributed by atoms with Gasteiger partial charge in [0.05, 0.1) is 28.1 Å². The molecule has 1 fully saturated rings. The van der Waals surface area contributed by atoms with Gasteiger partial charge in [0.15, 0.2) is 0 Å². The zero-order valence-electron chi connectivity index (χ0n) is 19.5. The number of alkyl halides is 3. The predicted octanol–water partition coefficient (Wildman–Crippen LogP) is 2.76. The number of fused-ring (bicyclic) bond motifs is 1. The summed E-state index contributed by atoms with van der Waals surface area (Å²) >= 11 is 6.65. The number of β-amino-alcohol motifs (C(OH)–C–C–N with tert-alkyl or cyclic N) is 1. The van der Waals surface area contributed by atoms with Crippen LogP contribution in [-0.2, 0) is 19.1 Å². The van der Waals surface area contributed by atoms with Crippen molar-refractivity contribution in [2.75, 3.05) is 13.6 Å². The van der Waals surface area contributed by atoms with Gasteiger partial charge in [0.1, 0.15) is 0 Å². The Balaban J connectivity index is 1.66. The lowest BCUT2D eigenvalue weighted by Crippen LogP contribution is -2.31. The molecule has 2 aliphatic rings. The lowest BCUT2D eigenvalue weighted by molar-refractivity contribution is -0.138. The van der Waals surface area contributed by atoms with Crippen molar-refractivity contribution in [1.82, 2.24) is 9.47 Å². The molecule has 2 N–H and O–H groups in total. The fourth-order valence-corrected chi connectivity index (χ4v) is 5.92. The van der Waals surface area contributed by atoms with E-state index in [9.17, 15) is 28.2 Å². The lowest BCUT2D eigenvalue weighted by atomic mass is 9.96. The molecule has 7 nitrogen and oxygen atoms in total. The van der Waals surface area contributed by atoms with Gasteiger partial charge in [-0.25, -0.2) is 0 Å². The first-order valence-corrected chi connectivity index (χ1v) is 12.6. The monoisotopic (exact) mass is 550 g/mol. The first-order chi connectivity index (χ1) is 17.5. The number of aliphatic hydroxyl groups is 1. The average Bonchev–Trinajstić information content (AvgIpc) is 3.50. The standard InChI is InChI=1S/C25H22ClF3N4O3S/c1-32-12-18(34)9-17(32)11-33-23(35)22(37-24(33)36)19(13-3-5-21-15(6-13)10-30-31-21)7-14-2-4-16(26)8-20(14)25(27,28)29/h2-6,8,10,17-18,34-35H,7,9,11-12H2,1H3/t17-,18+/m0/s1. The first kappa shape index (κ1) is 25.7. The maximum atomic E-state index is 13.9. The van der Waals surface area contributed by atoms with Crippen molar-refractivity contribution in [3.05, 3.63) is 83.2 Å². The van der Waals surface area contributed by atoms with E-state index in [2.05, 4.69) is 10.2 Å². The zero-order valence-corrected chi connectivity index (χ0v) is 21.1. The smallest absolute Gasteiger partial charge is 0.416 e. The summed E-state index contributed by atoms with van der Waals surface area (Å²) in [6, 6.07) is 8.49. The molecule has 0 amide bonds. The van der Waals surface area contributed by atoms with Crippen LogP contribution in [0.4, 0.5) is 13.2 Å². The first-order valence-electron chi connectivity index (χ1n) is 11.4. The van der Waals surface area contributed by atoms with E-state index in [1.807, 2.05) is 11.9 Å². The van der Waals surface area contributed by atoms with E-state index in [1.54, 1.807) is 18.2 Å². The molecule has 3 heterocycles. The largest absolute Gasteiger partial charge is 0.493 e. The fourth-order valence-electron chi connectivity index (χ4n) is 4.79. The molecule has 0 spiro atoms. The number of aromatic hydroxyl groups is 1. The van der Waals surface area contributed by atoms with E-state index in [4.69, 9.17) is 11.6 Å². The number of halogens is 4. The Morgan fingerprint density at radius 1 is 1.24 bits per heavy atom. The Morgan fingerprint density at radius 3 is 2.73 bits per heavy atom. The van der Waals surface area contributed by atoms with Crippen LogP contribution in [0.2, 0.25) is 5.02 Å². The summed E-state index contributed by atoms with van der Waals surface area (Å²) in [4.78, 5) is 14.6. The van der Waals surface area contributed by atoms with E-state index in [0.717, 1.165) is 17.4 Å². The molecule has 0 aliphatic carbocycles. The van der Waals surface area contributed by atoms with Crippen molar-refractivity contribution in [3.63, 3.8) is 0 Å². The number of thiazole rings is 1. The third-order valence-electron chi connectivity index (χ3n) is 6.68. The van der Waals surface area contributed by atoms with Crippen molar-refractivity contribution in [2.24, 2.45) is 10.2 Å². The number of hydrogen-bond donors (Lipinski definition) is 2. The van der Waals surface area contributed by atoms with Gasteiger partial charge >= 0.3 is 11.0 Å². The summed E-state index contributed by atoms with van der Waals surface area (Å²) < 4.78 is 42.9. The van der Waals surface area contributed by atoms with Gasteiger partial charge in [-0.1, -0.05) is 35.1 Å². The molecule has 1 saturated heterocycles. The summed E-state index contributed by atoms with van der Waals surface area (Å²) in [7, 11) is 1.82. The molecule has 2 aliphatic heterocycles. The number of likely N-dealkylation sites (tertiary alicyclic amines) is 1. The Kier molecular flexibility index (Phi) is 6.73. The van der Waals surface area contributed by atoms with Gasteiger partial charge < -0.3 is 10.2 Å².